The van der Waals surface area contributed by atoms with Gasteiger partial charge in [-0.15, -0.1) is 0 Å². The molecule has 1 heterocycles. The highest BCUT2D eigenvalue weighted by molar-refractivity contribution is 6.29. The van der Waals surface area contributed by atoms with Crippen molar-refractivity contribution in [2.45, 2.75) is 19.8 Å². The average Bonchev–Trinajstić information content (AvgIpc) is 2.25. The summed E-state index contributed by atoms with van der Waals surface area (Å²) in [5.74, 6) is 0.850. The topological polar surface area (TPSA) is 64.1 Å². The summed E-state index contributed by atoms with van der Waals surface area (Å²) in [6, 6.07) is 1.57. The van der Waals surface area contributed by atoms with E-state index in [0.29, 0.717) is 16.8 Å². The van der Waals surface area contributed by atoms with Crippen molar-refractivity contribution in [3.8, 4) is 0 Å². The molecule has 0 fully saturated rings. The first kappa shape index (κ1) is 12.7. The van der Waals surface area contributed by atoms with Crippen LogP contribution >= 0.6 is 11.6 Å². The smallest absolute Gasteiger partial charge is 0.325 e. The molecule has 0 aliphatic carbocycles. The quantitative estimate of drug-likeness (QED) is 0.630. The summed E-state index contributed by atoms with van der Waals surface area (Å²) in [6.45, 7) is 2.10. The summed E-state index contributed by atoms with van der Waals surface area (Å²) < 4.78 is 4.50. The van der Waals surface area contributed by atoms with E-state index in [1.807, 2.05) is 6.92 Å². The minimum Gasteiger partial charge on any atom is -0.468 e. The zero-order valence-corrected chi connectivity index (χ0v) is 10.0. The predicted molar refractivity (Wildman–Crippen MR) is 61.5 cm³/mol. The molecule has 0 amide bonds. The fourth-order valence-electron chi connectivity index (χ4n) is 1.13. The Morgan fingerprint density at radius 1 is 1.56 bits per heavy atom. The minimum atomic E-state index is -0.355. The average molecular weight is 244 g/mol. The molecule has 1 N–H and O–H groups in total. The summed E-state index contributed by atoms with van der Waals surface area (Å²) in [5.41, 5.74) is 0. The van der Waals surface area contributed by atoms with Gasteiger partial charge in [0.1, 0.15) is 23.3 Å². The monoisotopic (exact) mass is 243 g/mol. The largest absolute Gasteiger partial charge is 0.468 e. The first-order chi connectivity index (χ1) is 7.65. The highest BCUT2D eigenvalue weighted by atomic mass is 35.5. The van der Waals surface area contributed by atoms with Crippen LogP contribution in [0.1, 0.15) is 19.2 Å². The van der Waals surface area contributed by atoms with Crippen LogP contribution in [-0.4, -0.2) is 29.6 Å². The number of aromatic nitrogens is 2. The Morgan fingerprint density at radius 2 is 2.31 bits per heavy atom. The van der Waals surface area contributed by atoms with E-state index in [2.05, 4.69) is 20.0 Å². The maximum absolute atomic E-state index is 10.9. The zero-order valence-electron chi connectivity index (χ0n) is 9.29. The third-order valence-corrected chi connectivity index (χ3v) is 2.05. The van der Waals surface area contributed by atoms with Gasteiger partial charge in [-0.1, -0.05) is 18.5 Å². The number of hydrogen-bond acceptors (Lipinski definition) is 5. The van der Waals surface area contributed by atoms with Crippen LogP contribution in [0.25, 0.3) is 0 Å². The Balaban J connectivity index is 2.68. The molecule has 0 saturated carbocycles. The van der Waals surface area contributed by atoms with E-state index in [1.165, 1.54) is 7.11 Å². The van der Waals surface area contributed by atoms with Crippen molar-refractivity contribution < 1.29 is 9.53 Å². The van der Waals surface area contributed by atoms with Gasteiger partial charge in [-0.05, 0) is 6.42 Å². The van der Waals surface area contributed by atoms with Crippen LogP contribution in [0, 0.1) is 0 Å². The number of carbonyl (C=O) groups is 1. The van der Waals surface area contributed by atoms with E-state index in [-0.39, 0.29) is 12.5 Å². The van der Waals surface area contributed by atoms with Crippen molar-refractivity contribution in [2.75, 3.05) is 19.0 Å². The number of hydrogen-bond donors (Lipinski definition) is 1. The maximum Gasteiger partial charge on any atom is 0.325 e. The number of nitrogens with zero attached hydrogens (tertiary/aromatic N) is 2. The molecule has 0 radical (unpaired) electrons. The summed E-state index contributed by atoms with van der Waals surface area (Å²) in [7, 11) is 1.33. The Morgan fingerprint density at radius 3 is 2.94 bits per heavy atom. The van der Waals surface area contributed by atoms with E-state index >= 15 is 0 Å². The number of ether oxygens (including phenoxy) is 1. The molecule has 5 nitrogen and oxygen atoms in total. The van der Waals surface area contributed by atoms with Gasteiger partial charge in [-0.3, -0.25) is 4.79 Å². The molecule has 1 rings (SSSR count). The second kappa shape index (κ2) is 6.27. The van der Waals surface area contributed by atoms with Crippen LogP contribution in [0.3, 0.4) is 0 Å². The predicted octanol–water partition coefficient (Wildman–Crippen LogP) is 1.67. The SMILES string of the molecule is CCCc1nc(Cl)cc(NCC(=O)OC)n1. The van der Waals surface area contributed by atoms with Crippen LogP contribution in [0.4, 0.5) is 5.82 Å². The van der Waals surface area contributed by atoms with Gasteiger partial charge in [0.05, 0.1) is 7.11 Å². The zero-order chi connectivity index (χ0) is 12.0. The molecule has 0 aromatic carbocycles. The molecule has 0 aliphatic heterocycles. The third-order valence-electron chi connectivity index (χ3n) is 1.86. The molecule has 0 atom stereocenters. The molecule has 0 aliphatic rings. The molecule has 0 bridgehead atoms. The lowest BCUT2D eigenvalue weighted by Crippen LogP contribution is -2.16. The number of rotatable bonds is 5. The third kappa shape index (κ3) is 4.02. The highest BCUT2D eigenvalue weighted by Gasteiger charge is 2.04. The Kier molecular flexibility index (Phi) is 4.98. The number of aryl methyl sites for hydroxylation is 1. The Labute approximate surface area is 99.2 Å². The second-order valence-electron chi connectivity index (χ2n) is 3.17. The lowest BCUT2D eigenvalue weighted by molar-refractivity contribution is -0.138. The number of nitrogens with one attached hydrogen (secondary N) is 1. The van der Waals surface area contributed by atoms with Gasteiger partial charge in [0.2, 0.25) is 0 Å². The summed E-state index contributed by atoms with van der Waals surface area (Å²) in [6.07, 6.45) is 1.70. The first-order valence-corrected chi connectivity index (χ1v) is 5.37. The van der Waals surface area contributed by atoms with Crippen molar-refractivity contribution in [3.05, 3.63) is 17.0 Å². The lowest BCUT2D eigenvalue weighted by Gasteiger charge is -2.06. The fraction of sp³-hybridized carbons (Fsp3) is 0.500. The van der Waals surface area contributed by atoms with E-state index in [9.17, 15) is 4.79 Å². The summed E-state index contributed by atoms with van der Waals surface area (Å²) in [4.78, 5) is 19.2. The molecule has 6 heteroatoms. The standard InChI is InChI=1S/C10H14ClN3O2/c1-3-4-8-13-7(11)5-9(14-8)12-6-10(15)16-2/h5H,3-4,6H2,1-2H3,(H,12,13,14). The van der Waals surface area contributed by atoms with E-state index in [4.69, 9.17) is 11.6 Å². The van der Waals surface area contributed by atoms with Crippen LogP contribution in [-0.2, 0) is 16.0 Å². The van der Waals surface area contributed by atoms with Crippen molar-refractivity contribution in [1.82, 2.24) is 9.97 Å². The van der Waals surface area contributed by atoms with Crippen molar-refractivity contribution >= 4 is 23.4 Å². The van der Waals surface area contributed by atoms with E-state index in [0.717, 1.165) is 12.8 Å². The van der Waals surface area contributed by atoms with E-state index < -0.39 is 0 Å². The maximum atomic E-state index is 10.9. The molecule has 0 spiro atoms. The molecule has 0 unspecified atom stereocenters. The summed E-state index contributed by atoms with van der Waals surface area (Å²) >= 11 is 5.83. The number of anilines is 1. The second-order valence-corrected chi connectivity index (χ2v) is 3.56. The molecule has 1 aromatic rings. The molecule has 1 aromatic heterocycles. The van der Waals surface area contributed by atoms with Gasteiger partial charge in [-0.25, -0.2) is 9.97 Å². The number of methoxy groups -OCH3 is 1. The van der Waals surface area contributed by atoms with Gasteiger partial charge < -0.3 is 10.1 Å². The lowest BCUT2D eigenvalue weighted by atomic mass is 10.3. The highest BCUT2D eigenvalue weighted by Crippen LogP contribution is 2.12. The van der Waals surface area contributed by atoms with Crippen LogP contribution in [0.15, 0.2) is 6.07 Å². The molecule has 0 saturated heterocycles. The Bertz CT molecular complexity index is 371. The molecule has 88 valence electrons. The van der Waals surface area contributed by atoms with Crippen LogP contribution in [0.2, 0.25) is 5.15 Å². The van der Waals surface area contributed by atoms with Crippen molar-refractivity contribution in [3.63, 3.8) is 0 Å². The number of esters is 1. The molecule has 16 heavy (non-hydrogen) atoms. The first-order valence-electron chi connectivity index (χ1n) is 5.00. The van der Waals surface area contributed by atoms with Crippen molar-refractivity contribution in [2.24, 2.45) is 0 Å². The number of carbonyl (C=O) groups excluding carboxylic acids is 1. The van der Waals surface area contributed by atoms with E-state index in [1.54, 1.807) is 6.07 Å². The number of halogens is 1. The van der Waals surface area contributed by atoms with Gasteiger partial charge in [-0.2, -0.15) is 0 Å². The van der Waals surface area contributed by atoms with Crippen molar-refractivity contribution in [1.29, 1.82) is 0 Å². The van der Waals surface area contributed by atoms with Gasteiger partial charge in [0, 0.05) is 12.5 Å². The molecular weight excluding hydrogens is 230 g/mol. The summed E-state index contributed by atoms with van der Waals surface area (Å²) in [5, 5.41) is 3.19. The molecular formula is C10H14ClN3O2. The van der Waals surface area contributed by atoms with Crippen LogP contribution in [0.5, 0.6) is 0 Å². The van der Waals surface area contributed by atoms with Gasteiger partial charge >= 0.3 is 5.97 Å². The van der Waals surface area contributed by atoms with Crippen LogP contribution < -0.4 is 5.32 Å². The Hall–Kier alpha value is -1.36. The minimum absolute atomic E-state index is 0.0649. The van der Waals surface area contributed by atoms with Gasteiger partial charge in [0.15, 0.2) is 0 Å². The van der Waals surface area contributed by atoms with Gasteiger partial charge in [0.25, 0.3) is 0 Å². The fourth-order valence-corrected chi connectivity index (χ4v) is 1.33. The normalized spacial score (nSPS) is 9.94.